The Morgan fingerprint density at radius 1 is 1.29 bits per heavy atom. The average molecular weight is 253 g/mol. The lowest BCUT2D eigenvalue weighted by molar-refractivity contribution is -0.274. The monoisotopic (exact) mass is 253 g/mol. The molecule has 0 aliphatic rings. The van der Waals surface area contributed by atoms with E-state index in [9.17, 15) is 22.4 Å². The Hall–Kier alpha value is -1.99. The summed E-state index contributed by atoms with van der Waals surface area (Å²) in [6.45, 7) is 1.21. The molecule has 0 saturated heterocycles. The number of nitrogens with two attached hydrogens (primary N) is 1. The van der Waals surface area contributed by atoms with E-state index in [0.29, 0.717) is 6.07 Å². The number of hydrogen-bond donors (Lipinski definition) is 1. The van der Waals surface area contributed by atoms with Gasteiger partial charge in [-0.2, -0.15) is 0 Å². The summed E-state index contributed by atoms with van der Waals surface area (Å²) in [5, 5.41) is 0. The molecular weight excluding hydrogens is 246 g/mol. The zero-order valence-corrected chi connectivity index (χ0v) is 8.47. The third-order valence-corrected chi connectivity index (χ3v) is 1.67. The van der Waals surface area contributed by atoms with Gasteiger partial charge >= 0.3 is 12.5 Å². The van der Waals surface area contributed by atoms with Crippen molar-refractivity contribution in [2.45, 2.75) is 13.3 Å². The van der Waals surface area contributed by atoms with E-state index in [4.69, 9.17) is 0 Å². The van der Waals surface area contributed by atoms with Gasteiger partial charge in [0.25, 0.3) is 0 Å². The van der Waals surface area contributed by atoms with E-state index in [1.54, 1.807) is 0 Å². The Morgan fingerprint density at radius 2 is 1.88 bits per heavy atom. The minimum Gasteiger partial charge on any atom is -0.407 e. The third kappa shape index (κ3) is 3.82. The van der Waals surface area contributed by atoms with Gasteiger partial charge in [-0.3, -0.25) is 0 Å². The molecule has 1 rings (SSSR count). The van der Waals surface area contributed by atoms with Crippen molar-refractivity contribution < 1.29 is 31.8 Å². The predicted molar refractivity (Wildman–Crippen MR) is 48.0 cm³/mol. The molecule has 0 bridgehead atoms. The van der Waals surface area contributed by atoms with Crippen molar-refractivity contribution >= 4 is 6.09 Å². The van der Waals surface area contributed by atoms with Crippen molar-refractivity contribution in [2.24, 2.45) is 5.73 Å². The summed E-state index contributed by atoms with van der Waals surface area (Å²) < 4.78 is 56.8. The van der Waals surface area contributed by atoms with Crippen LogP contribution in [0.4, 0.5) is 22.4 Å². The van der Waals surface area contributed by atoms with Crippen molar-refractivity contribution in [3.63, 3.8) is 0 Å². The number of aryl methyl sites for hydroxylation is 1. The van der Waals surface area contributed by atoms with Crippen LogP contribution < -0.4 is 15.2 Å². The zero-order chi connectivity index (χ0) is 13.2. The second kappa shape index (κ2) is 4.48. The first-order valence-electron chi connectivity index (χ1n) is 4.22. The number of benzene rings is 1. The van der Waals surface area contributed by atoms with Crippen LogP contribution in [-0.2, 0) is 0 Å². The van der Waals surface area contributed by atoms with E-state index in [2.05, 4.69) is 15.2 Å². The number of carbonyl (C=O) groups excluding carboxylic acids is 1. The van der Waals surface area contributed by atoms with E-state index in [0.717, 1.165) is 6.07 Å². The predicted octanol–water partition coefficient (Wildman–Crippen LogP) is 2.49. The van der Waals surface area contributed by atoms with Crippen LogP contribution in [0.15, 0.2) is 12.1 Å². The van der Waals surface area contributed by atoms with E-state index in [1.165, 1.54) is 6.92 Å². The van der Waals surface area contributed by atoms with Gasteiger partial charge in [0, 0.05) is 6.07 Å². The fraction of sp³-hybridized carbons (Fsp3) is 0.222. The lowest BCUT2D eigenvalue weighted by atomic mass is 10.2. The van der Waals surface area contributed by atoms with E-state index in [1.807, 2.05) is 0 Å². The molecule has 0 radical (unpaired) electrons. The maximum absolute atomic E-state index is 13.2. The van der Waals surface area contributed by atoms with E-state index in [-0.39, 0.29) is 5.56 Å². The smallest absolute Gasteiger partial charge is 0.407 e. The first-order valence-corrected chi connectivity index (χ1v) is 4.22. The summed E-state index contributed by atoms with van der Waals surface area (Å²) in [5.41, 5.74) is 4.52. The number of alkyl halides is 3. The molecule has 0 aliphatic heterocycles. The van der Waals surface area contributed by atoms with Gasteiger partial charge in [0.1, 0.15) is 5.75 Å². The third-order valence-electron chi connectivity index (χ3n) is 1.67. The van der Waals surface area contributed by atoms with Crippen molar-refractivity contribution in [3.8, 4) is 11.5 Å². The molecule has 0 spiro atoms. The molecule has 1 aromatic rings. The molecule has 1 aromatic carbocycles. The lowest BCUT2D eigenvalue weighted by Gasteiger charge is -2.12. The van der Waals surface area contributed by atoms with Gasteiger partial charge < -0.3 is 15.2 Å². The molecular formula is C9H7F4NO3. The molecule has 2 N–H and O–H groups in total. The van der Waals surface area contributed by atoms with Crippen LogP contribution in [0.2, 0.25) is 0 Å². The van der Waals surface area contributed by atoms with E-state index < -0.39 is 29.8 Å². The molecule has 0 aromatic heterocycles. The topological polar surface area (TPSA) is 61.5 Å². The Morgan fingerprint density at radius 3 is 2.35 bits per heavy atom. The van der Waals surface area contributed by atoms with Crippen LogP contribution in [-0.4, -0.2) is 12.5 Å². The molecule has 0 unspecified atom stereocenters. The second-order valence-corrected chi connectivity index (χ2v) is 3.02. The molecule has 94 valence electrons. The fourth-order valence-electron chi connectivity index (χ4n) is 1.06. The highest BCUT2D eigenvalue weighted by atomic mass is 19.4. The normalized spacial score (nSPS) is 11.1. The van der Waals surface area contributed by atoms with Crippen LogP contribution in [0.25, 0.3) is 0 Å². The molecule has 8 heteroatoms. The Kier molecular flexibility index (Phi) is 3.45. The highest BCUT2D eigenvalue weighted by Crippen LogP contribution is 2.31. The first kappa shape index (κ1) is 13.1. The Balaban J connectivity index is 3.10. The summed E-state index contributed by atoms with van der Waals surface area (Å²) in [5.74, 6) is -2.42. The minimum atomic E-state index is -4.92. The number of amides is 1. The van der Waals surface area contributed by atoms with Crippen LogP contribution >= 0.6 is 0 Å². The van der Waals surface area contributed by atoms with Crippen LogP contribution in [0.5, 0.6) is 11.5 Å². The summed E-state index contributed by atoms with van der Waals surface area (Å²) in [6, 6.07) is 1.34. The largest absolute Gasteiger partial charge is 0.573 e. The Bertz CT molecular complexity index is 445. The number of ether oxygens (including phenoxy) is 2. The van der Waals surface area contributed by atoms with Crippen molar-refractivity contribution in [3.05, 3.63) is 23.5 Å². The summed E-state index contributed by atoms with van der Waals surface area (Å²) in [6.07, 6.45) is -6.27. The van der Waals surface area contributed by atoms with Gasteiger partial charge in [-0.05, 0) is 18.6 Å². The van der Waals surface area contributed by atoms with Crippen molar-refractivity contribution in [2.75, 3.05) is 0 Å². The van der Waals surface area contributed by atoms with Crippen LogP contribution in [0.1, 0.15) is 5.56 Å². The summed E-state index contributed by atoms with van der Waals surface area (Å²) >= 11 is 0. The maximum Gasteiger partial charge on any atom is 0.573 e. The van der Waals surface area contributed by atoms with Gasteiger partial charge in [0.05, 0.1) is 0 Å². The molecule has 0 heterocycles. The number of hydrogen-bond acceptors (Lipinski definition) is 3. The quantitative estimate of drug-likeness (QED) is 0.823. The second-order valence-electron chi connectivity index (χ2n) is 3.02. The van der Waals surface area contributed by atoms with Gasteiger partial charge in [-0.15, -0.1) is 13.2 Å². The van der Waals surface area contributed by atoms with Gasteiger partial charge in [-0.1, -0.05) is 0 Å². The molecule has 4 nitrogen and oxygen atoms in total. The minimum absolute atomic E-state index is 0.100. The molecule has 17 heavy (non-hydrogen) atoms. The molecule has 1 amide bonds. The molecule has 0 atom stereocenters. The number of primary amides is 1. The van der Waals surface area contributed by atoms with Crippen LogP contribution in [0, 0.1) is 12.7 Å². The number of carbonyl (C=O) groups is 1. The highest BCUT2D eigenvalue weighted by Gasteiger charge is 2.32. The molecule has 0 saturated carbocycles. The lowest BCUT2D eigenvalue weighted by Crippen LogP contribution is -2.19. The van der Waals surface area contributed by atoms with E-state index >= 15 is 0 Å². The Labute approximate surface area is 92.9 Å². The van der Waals surface area contributed by atoms with Gasteiger partial charge in [0.15, 0.2) is 11.6 Å². The zero-order valence-electron chi connectivity index (χ0n) is 8.47. The van der Waals surface area contributed by atoms with Crippen LogP contribution in [0.3, 0.4) is 0 Å². The molecule has 0 fully saturated rings. The summed E-state index contributed by atoms with van der Waals surface area (Å²) in [7, 11) is 0. The SMILES string of the molecule is Cc1cc(F)c(OC(N)=O)cc1OC(F)(F)F. The van der Waals surface area contributed by atoms with Gasteiger partial charge in [-0.25, -0.2) is 9.18 Å². The number of halogens is 4. The van der Waals surface area contributed by atoms with Gasteiger partial charge in [0.2, 0.25) is 0 Å². The van der Waals surface area contributed by atoms with Crippen molar-refractivity contribution in [1.82, 2.24) is 0 Å². The number of rotatable bonds is 2. The molecule has 0 aliphatic carbocycles. The highest BCUT2D eigenvalue weighted by molar-refractivity contribution is 5.68. The maximum atomic E-state index is 13.2. The average Bonchev–Trinajstić information content (AvgIpc) is 2.10. The standard InChI is InChI=1S/C9H7F4NO3/c1-4-2-5(10)7(16-8(14)15)3-6(4)17-9(11,12)13/h2-3H,1H3,(H2,14,15). The van der Waals surface area contributed by atoms with Crippen molar-refractivity contribution in [1.29, 1.82) is 0 Å². The first-order chi connectivity index (χ1) is 7.69. The summed E-state index contributed by atoms with van der Waals surface area (Å²) in [4.78, 5) is 10.4. The fourth-order valence-corrected chi connectivity index (χ4v) is 1.06.